The van der Waals surface area contributed by atoms with E-state index >= 15 is 0 Å². The average Bonchev–Trinajstić information content (AvgIpc) is 2.60. The normalized spacial score (nSPS) is 10.6. The van der Waals surface area contributed by atoms with Crippen molar-refractivity contribution in [3.8, 4) is 0 Å². The Bertz CT molecular complexity index is 860. The monoisotopic (exact) mass is 320 g/mol. The van der Waals surface area contributed by atoms with Gasteiger partial charge >= 0.3 is 5.97 Å². The lowest BCUT2D eigenvalue weighted by atomic mass is 10.1. The number of nitrogens with one attached hydrogen (secondary N) is 1. The highest BCUT2D eigenvalue weighted by Gasteiger charge is 2.16. The molecule has 0 atom stereocenters. The second-order valence-electron chi connectivity index (χ2n) is 5.63. The van der Waals surface area contributed by atoms with Crippen LogP contribution < -0.4 is 5.32 Å². The van der Waals surface area contributed by atoms with Gasteiger partial charge in [0, 0.05) is 18.1 Å². The van der Waals surface area contributed by atoms with E-state index in [-0.39, 0.29) is 5.97 Å². The number of hydrogen-bond donors (Lipinski definition) is 1. The number of esters is 1. The summed E-state index contributed by atoms with van der Waals surface area (Å²) in [4.78, 5) is 16.7. The zero-order valence-corrected chi connectivity index (χ0v) is 13.9. The fraction of sp³-hybridized carbons (Fsp3) is 0.200. The van der Waals surface area contributed by atoms with Crippen LogP contribution in [0.4, 0.5) is 5.69 Å². The summed E-state index contributed by atoms with van der Waals surface area (Å²) >= 11 is 0. The zero-order valence-electron chi connectivity index (χ0n) is 13.9. The minimum Gasteiger partial charge on any atom is -0.462 e. The van der Waals surface area contributed by atoms with Crippen LogP contribution in [0.15, 0.2) is 54.7 Å². The van der Waals surface area contributed by atoms with Crippen LogP contribution in [0.3, 0.4) is 0 Å². The molecule has 0 fully saturated rings. The molecule has 3 aromatic rings. The van der Waals surface area contributed by atoms with Crippen molar-refractivity contribution >= 4 is 22.6 Å². The summed E-state index contributed by atoms with van der Waals surface area (Å²) in [6.07, 6.45) is 1.59. The summed E-state index contributed by atoms with van der Waals surface area (Å²) in [5, 5.41) is 4.33. The molecule has 24 heavy (non-hydrogen) atoms. The Kier molecular flexibility index (Phi) is 4.75. The van der Waals surface area contributed by atoms with Crippen LogP contribution in [0.25, 0.3) is 10.9 Å². The number of fused-ring (bicyclic) bond motifs is 1. The number of rotatable bonds is 5. The van der Waals surface area contributed by atoms with Crippen molar-refractivity contribution in [3.05, 3.63) is 71.4 Å². The van der Waals surface area contributed by atoms with Gasteiger partial charge in [-0.15, -0.1) is 0 Å². The van der Waals surface area contributed by atoms with Crippen molar-refractivity contribution in [1.82, 2.24) is 4.98 Å². The summed E-state index contributed by atoms with van der Waals surface area (Å²) in [5.74, 6) is -0.357. The van der Waals surface area contributed by atoms with Gasteiger partial charge in [0.2, 0.25) is 0 Å². The quantitative estimate of drug-likeness (QED) is 0.711. The van der Waals surface area contributed by atoms with E-state index in [0.29, 0.717) is 18.7 Å². The lowest BCUT2D eigenvalue weighted by Gasteiger charge is -2.14. The van der Waals surface area contributed by atoms with Crippen molar-refractivity contribution < 1.29 is 9.53 Å². The molecule has 0 radical (unpaired) electrons. The number of aryl methyl sites for hydroxylation is 1. The molecule has 0 aliphatic carbocycles. The third-order valence-corrected chi connectivity index (χ3v) is 3.83. The van der Waals surface area contributed by atoms with E-state index < -0.39 is 0 Å². The van der Waals surface area contributed by atoms with E-state index in [2.05, 4.69) is 10.3 Å². The number of nitrogens with zero attached hydrogens (tertiary/aromatic N) is 1. The Morgan fingerprint density at radius 1 is 1.17 bits per heavy atom. The Morgan fingerprint density at radius 2 is 1.96 bits per heavy atom. The highest BCUT2D eigenvalue weighted by molar-refractivity contribution is 6.05. The molecule has 4 heteroatoms. The molecule has 0 unspecified atom stereocenters. The third kappa shape index (κ3) is 3.38. The van der Waals surface area contributed by atoms with Gasteiger partial charge in [0.15, 0.2) is 0 Å². The van der Waals surface area contributed by atoms with Gasteiger partial charge in [-0.25, -0.2) is 4.79 Å². The molecule has 1 heterocycles. The summed E-state index contributed by atoms with van der Waals surface area (Å²) in [6, 6.07) is 16.1. The maximum atomic E-state index is 12.3. The van der Waals surface area contributed by atoms with Gasteiger partial charge in [0.05, 0.1) is 17.8 Å². The van der Waals surface area contributed by atoms with E-state index in [1.165, 1.54) is 0 Å². The standard InChI is InChI=1S/C20H20N2O2/c1-3-24-20(23)17-13-21-18-10-9-14(2)11-16(18)19(17)22-12-15-7-5-4-6-8-15/h4-11,13H,3,12H2,1-2H3,(H,21,22). The number of carbonyl (C=O) groups is 1. The average molecular weight is 320 g/mol. The number of pyridine rings is 1. The van der Waals surface area contributed by atoms with Gasteiger partial charge in [0.1, 0.15) is 5.56 Å². The lowest BCUT2D eigenvalue weighted by molar-refractivity contribution is 0.0527. The number of carbonyl (C=O) groups excluding carboxylic acids is 1. The van der Waals surface area contributed by atoms with E-state index in [4.69, 9.17) is 4.74 Å². The van der Waals surface area contributed by atoms with Crippen molar-refractivity contribution in [2.24, 2.45) is 0 Å². The number of ether oxygens (including phenoxy) is 1. The van der Waals surface area contributed by atoms with Gasteiger partial charge in [-0.2, -0.15) is 0 Å². The predicted octanol–water partition coefficient (Wildman–Crippen LogP) is 4.33. The first-order valence-corrected chi connectivity index (χ1v) is 8.03. The molecule has 0 saturated carbocycles. The van der Waals surface area contributed by atoms with Crippen molar-refractivity contribution in [2.45, 2.75) is 20.4 Å². The predicted molar refractivity (Wildman–Crippen MR) is 96.2 cm³/mol. The molecule has 0 spiro atoms. The largest absolute Gasteiger partial charge is 0.462 e. The summed E-state index contributed by atoms with van der Waals surface area (Å²) in [7, 11) is 0. The number of hydrogen-bond acceptors (Lipinski definition) is 4. The van der Waals surface area contributed by atoms with Gasteiger partial charge in [-0.05, 0) is 31.5 Å². The fourth-order valence-electron chi connectivity index (χ4n) is 2.65. The van der Waals surface area contributed by atoms with Crippen LogP contribution in [-0.4, -0.2) is 17.6 Å². The van der Waals surface area contributed by atoms with E-state index in [1.807, 2.05) is 55.5 Å². The third-order valence-electron chi connectivity index (χ3n) is 3.83. The first-order chi connectivity index (χ1) is 11.7. The molecule has 0 saturated heterocycles. The molecule has 122 valence electrons. The van der Waals surface area contributed by atoms with Crippen LogP contribution in [0.2, 0.25) is 0 Å². The SMILES string of the molecule is CCOC(=O)c1cnc2ccc(C)cc2c1NCc1ccccc1. The molecule has 0 aliphatic heterocycles. The molecular formula is C20H20N2O2. The smallest absolute Gasteiger partial charge is 0.341 e. The maximum Gasteiger partial charge on any atom is 0.341 e. The molecule has 1 aromatic heterocycles. The maximum absolute atomic E-state index is 12.3. The van der Waals surface area contributed by atoms with Crippen LogP contribution in [0.5, 0.6) is 0 Å². The summed E-state index contributed by atoms with van der Waals surface area (Å²) < 4.78 is 5.18. The first kappa shape index (κ1) is 16.0. The molecule has 0 amide bonds. The molecule has 2 aromatic carbocycles. The Balaban J connectivity index is 2.04. The molecular weight excluding hydrogens is 300 g/mol. The number of anilines is 1. The van der Waals surface area contributed by atoms with Gasteiger partial charge in [-0.1, -0.05) is 42.0 Å². The Hall–Kier alpha value is -2.88. The highest BCUT2D eigenvalue weighted by Crippen LogP contribution is 2.28. The van der Waals surface area contributed by atoms with Gasteiger partial charge < -0.3 is 10.1 Å². The lowest BCUT2D eigenvalue weighted by Crippen LogP contribution is -2.11. The number of benzene rings is 2. The van der Waals surface area contributed by atoms with Crippen LogP contribution in [0.1, 0.15) is 28.4 Å². The topological polar surface area (TPSA) is 51.2 Å². The van der Waals surface area contributed by atoms with Crippen LogP contribution in [0, 0.1) is 6.92 Å². The molecule has 4 nitrogen and oxygen atoms in total. The first-order valence-electron chi connectivity index (χ1n) is 8.03. The zero-order chi connectivity index (χ0) is 16.9. The summed E-state index contributed by atoms with van der Waals surface area (Å²) in [5.41, 5.74) is 4.35. The Morgan fingerprint density at radius 3 is 2.71 bits per heavy atom. The van der Waals surface area contributed by atoms with Crippen molar-refractivity contribution in [1.29, 1.82) is 0 Å². The second kappa shape index (κ2) is 7.13. The van der Waals surface area contributed by atoms with Gasteiger partial charge in [0.25, 0.3) is 0 Å². The van der Waals surface area contributed by atoms with E-state index in [0.717, 1.165) is 27.7 Å². The van der Waals surface area contributed by atoms with E-state index in [1.54, 1.807) is 13.1 Å². The molecule has 1 N–H and O–H groups in total. The van der Waals surface area contributed by atoms with Crippen molar-refractivity contribution in [3.63, 3.8) is 0 Å². The summed E-state index contributed by atoms with van der Waals surface area (Å²) in [6.45, 7) is 4.79. The minimum absolute atomic E-state index is 0.336. The van der Waals surface area contributed by atoms with Gasteiger partial charge in [-0.3, -0.25) is 4.98 Å². The second-order valence-corrected chi connectivity index (χ2v) is 5.63. The minimum atomic E-state index is -0.357. The molecule has 0 aliphatic rings. The van der Waals surface area contributed by atoms with E-state index in [9.17, 15) is 4.79 Å². The Labute approximate surface area is 141 Å². The highest BCUT2D eigenvalue weighted by atomic mass is 16.5. The fourth-order valence-corrected chi connectivity index (χ4v) is 2.65. The van der Waals surface area contributed by atoms with Crippen LogP contribution >= 0.6 is 0 Å². The number of aromatic nitrogens is 1. The van der Waals surface area contributed by atoms with Crippen LogP contribution in [-0.2, 0) is 11.3 Å². The molecule has 3 rings (SSSR count). The van der Waals surface area contributed by atoms with Crippen molar-refractivity contribution in [2.75, 3.05) is 11.9 Å². The molecule has 0 bridgehead atoms.